The minimum atomic E-state index is -1.60. The summed E-state index contributed by atoms with van der Waals surface area (Å²) in [7, 11) is 3.91. The average molecular weight is 631 g/mol. The summed E-state index contributed by atoms with van der Waals surface area (Å²) < 4.78 is 42.6. The van der Waals surface area contributed by atoms with E-state index in [9.17, 15) is 32.3 Å². The van der Waals surface area contributed by atoms with Crippen molar-refractivity contribution in [1.82, 2.24) is 9.47 Å². The second-order valence-electron chi connectivity index (χ2n) is 11.4. The normalized spacial score (nSPS) is 13.1. The monoisotopic (exact) mass is 630 g/mol. The van der Waals surface area contributed by atoms with Crippen LogP contribution >= 0.6 is 0 Å². The molecule has 0 spiro atoms. The van der Waals surface area contributed by atoms with Crippen LogP contribution in [0.1, 0.15) is 33.5 Å². The van der Waals surface area contributed by atoms with Gasteiger partial charge in [0.15, 0.2) is 23.2 Å². The SMILES string of the molecule is CN(C)c1ccc(N2CCN(C(=O)C(=O)CC(=O)c3cc(Cc4cc(F)c(F)c(F)c4)cn(Cc4ccccc4)c3=O)CC2)cc1. The number of benzene rings is 3. The molecule has 8 nitrogen and oxygen atoms in total. The number of Topliss-reactive ketones (excluding diaryl/α,β-unsaturated/α-hetero) is 2. The van der Waals surface area contributed by atoms with Crippen molar-refractivity contribution in [2.75, 3.05) is 50.1 Å². The molecule has 1 aromatic heterocycles. The first-order valence-electron chi connectivity index (χ1n) is 14.8. The van der Waals surface area contributed by atoms with Crippen LogP contribution < -0.4 is 15.4 Å². The summed E-state index contributed by atoms with van der Waals surface area (Å²) in [6.07, 6.45) is 0.513. The zero-order valence-corrected chi connectivity index (χ0v) is 25.5. The summed E-state index contributed by atoms with van der Waals surface area (Å²) in [6, 6.07) is 19.9. The number of ketones is 2. The number of hydrogen-bond donors (Lipinski definition) is 0. The minimum absolute atomic E-state index is 0.0783. The maximum Gasteiger partial charge on any atom is 0.290 e. The summed E-state index contributed by atoms with van der Waals surface area (Å²) in [6.45, 7) is 1.67. The van der Waals surface area contributed by atoms with Crippen LogP contribution in [-0.2, 0) is 22.6 Å². The van der Waals surface area contributed by atoms with Gasteiger partial charge in [-0.1, -0.05) is 30.3 Å². The van der Waals surface area contributed by atoms with Gasteiger partial charge in [0.1, 0.15) is 0 Å². The quantitative estimate of drug-likeness (QED) is 0.111. The Morgan fingerprint density at radius 2 is 1.41 bits per heavy atom. The fraction of sp³-hybridized carbons (Fsp3) is 0.257. The molecule has 5 rings (SSSR count). The van der Waals surface area contributed by atoms with Gasteiger partial charge in [-0.05, 0) is 65.6 Å². The highest BCUT2D eigenvalue weighted by Crippen LogP contribution is 2.21. The van der Waals surface area contributed by atoms with Crippen molar-refractivity contribution in [2.24, 2.45) is 0 Å². The minimum Gasteiger partial charge on any atom is -0.378 e. The van der Waals surface area contributed by atoms with Crippen molar-refractivity contribution < 1.29 is 27.6 Å². The van der Waals surface area contributed by atoms with Crippen LogP contribution in [0, 0.1) is 17.5 Å². The van der Waals surface area contributed by atoms with Crippen LogP contribution in [-0.4, -0.2) is 67.2 Å². The largest absolute Gasteiger partial charge is 0.378 e. The number of aromatic nitrogens is 1. The summed E-state index contributed by atoms with van der Waals surface area (Å²) in [5.74, 6) is -6.91. The molecule has 11 heteroatoms. The van der Waals surface area contributed by atoms with Crippen LogP contribution in [0.25, 0.3) is 0 Å². The maximum atomic E-state index is 13.9. The lowest BCUT2D eigenvalue weighted by atomic mass is 10.0. The number of carbonyl (C=O) groups excluding carboxylic acids is 3. The molecule has 0 atom stereocenters. The summed E-state index contributed by atoms with van der Waals surface area (Å²) in [5.41, 5.74) is 2.21. The van der Waals surface area contributed by atoms with Crippen molar-refractivity contribution >= 4 is 28.8 Å². The number of hydrogen-bond acceptors (Lipinski definition) is 6. The molecule has 1 aliphatic heterocycles. The molecular formula is C35H33F3N4O4. The van der Waals surface area contributed by atoms with Crippen LogP contribution in [0.5, 0.6) is 0 Å². The highest BCUT2D eigenvalue weighted by atomic mass is 19.2. The molecule has 4 aromatic rings. The smallest absolute Gasteiger partial charge is 0.290 e. The molecule has 2 heterocycles. The highest BCUT2D eigenvalue weighted by Gasteiger charge is 2.29. The molecule has 1 fully saturated rings. The number of carbonyl (C=O) groups is 3. The van der Waals surface area contributed by atoms with Crippen molar-refractivity contribution in [3.8, 4) is 0 Å². The molecule has 3 aromatic carbocycles. The van der Waals surface area contributed by atoms with Gasteiger partial charge in [-0.15, -0.1) is 0 Å². The summed E-state index contributed by atoms with van der Waals surface area (Å²) in [4.78, 5) is 58.3. The molecule has 0 radical (unpaired) electrons. The topological polar surface area (TPSA) is 82.9 Å². The number of amides is 1. The van der Waals surface area contributed by atoms with E-state index in [1.165, 1.54) is 21.7 Å². The van der Waals surface area contributed by atoms with Gasteiger partial charge in [0, 0.05) is 57.8 Å². The zero-order chi connectivity index (χ0) is 33.0. The Morgan fingerprint density at radius 1 is 0.783 bits per heavy atom. The average Bonchev–Trinajstić information content (AvgIpc) is 3.05. The van der Waals surface area contributed by atoms with Crippen molar-refractivity contribution in [1.29, 1.82) is 0 Å². The van der Waals surface area contributed by atoms with Gasteiger partial charge in [-0.2, -0.15) is 0 Å². The van der Waals surface area contributed by atoms with E-state index in [0.29, 0.717) is 31.7 Å². The first-order valence-corrected chi connectivity index (χ1v) is 14.8. The molecule has 0 bridgehead atoms. The second kappa shape index (κ2) is 13.8. The van der Waals surface area contributed by atoms with E-state index in [1.807, 2.05) is 43.3 Å². The number of nitrogens with zero attached hydrogens (tertiary/aromatic N) is 4. The number of piperazine rings is 1. The Bertz CT molecular complexity index is 1790. The van der Waals surface area contributed by atoms with Gasteiger partial charge in [-0.25, -0.2) is 13.2 Å². The Morgan fingerprint density at radius 3 is 2.02 bits per heavy atom. The lowest BCUT2D eigenvalue weighted by Gasteiger charge is -2.36. The van der Waals surface area contributed by atoms with Crippen molar-refractivity contribution in [2.45, 2.75) is 19.4 Å². The van der Waals surface area contributed by atoms with E-state index >= 15 is 0 Å². The molecule has 0 N–H and O–H groups in total. The Balaban J connectivity index is 1.31. The molecule has 1 saturated heterocycles. The van der Waals surface area contributed by atoms with Gasteiger partial charge >= 0.3 is 0 Å². The van der Waals surface area contributed by atoms with E-state index in [0.717, 1.165) is 29.1 Å². The predicted molar refractivity (Wildman–Crippen MR) is 169 cm³/mol. The lowest BCUT2D eigenvalue weighted by molar-refractivity contribution is -0.144. The van der Waals surface area contributed by atoms with Crippen LogP contribution in [0.15, 0.2) is 83.8 Å². The fourth-order valence-electron chi connectivity index (χ4n) is 5.46. The van der Waals surface area contributed by atoms with Gasteiger partial charge in [0.25, 0.3) is 11.5 Å². The lowest BCUT2D eigenvalue weighted by Crippen LogP contribution is -2.51. The number of halogens is 3. The third kappa shape index (κ3) is 7.36. The van der Waals surface area contributed by atoms with E-state index in [1.54, 1.807) is 30.3 Å². The molecule has 1 aliphatic rings. The Kier molecular flexibility index (Phi) is 9.69. The highest BCUT2D eigenvalue weighted by molar-refractivity contribution is 6.40. The van der Waals surface area contributed by atoms with E-state index < -0.39 is 46.9 Å². The fourth-order valence-corrected chi connectivity index (χ4v) is 5.46. The molecule has 0 unspecified atom stereocenters. The number of pyridine rings is 1. The molecule has 238 valence electrons. The molecule has 1 amide bonds. The molecule has 0 aliphatic carbocycles. The van der Waals surface area contributed by atoms with Crippen LogP contribution in [0.4, 0.5) is 24.5 Å². The molecule has 46 heavy (non-hydrogen) atoms. The van der Waals surface area contributed by atoms with Gasteiger partial charge < -0.3 is 19.3 Å². The van der Waals surface area contributed by atoms with Gasteiger partial charge in [0.05, 0.1) is 18.5 Å². The number of anilines is 2. The summed E-state index contributed by atoms with van der Waals surface area (Å²) >= 11 is 0. The predicted octanol–water partition coefficient (Wildman–Crippen LogP) is 4.46. The first-order chi connectivity index (χ1) is 22.0. The van der Waals surface area contributed by atoms with Crippen LogP contribution in [0.2, 0.25) is 0 Å². The standard InChI is InChI=1S/C35H33F3N4O4/c1-39(2)26-8-10-27(11-9-26)40-12-14-41(15-13-40)35(46)32(44)20-31(43)28-17-25(16-24-18-29(36)33(38)30(37)19-24)22-42(34(28)45)21-23-6-4-3-5-7-23/h3-11,17-19,22H,12-16,20-21H2,1-2H3. The van der Waals surface area contributed by atoms with Gasteiger partial charge in [-0.3, -0.25) is 19.2 Å². The zero-order valence-electron chi connectivity index (χ0n) is 25.5. The van der Waals surface area contributed by atoms with E-state index in [-0.39, 0.29) is 24.1 Å². The molecule has 0 saturated carbocycles. The Hall–Kier alpha value is -5.19. The second-order valence-corrected chi connectivity index (χ2v) is 11.4. The van der Waals surface area contributed by atoms with E-state index in [2.05, 4.69) is 4.90 Å². The Labute approximate surface area is 264 Å². The third-order valence-electron chi connectivity index (χ3n) is 7.95. The van der Waals surface area contributed by atoms with Crippen LogP contribution in [0.3, 0.4) is 0 Å². The van der Waals surface area contributed by atoms with Crippen molar-refractivity contribution in [3.05, 3.63) is 129 Å². The maximum absolute atomic E-state index is 13.9. The molecular weight excluding hydrogens is 597 g/mol. The van der Waals surface area contributed by atoms with E-state index in [4.69, 9.17) is 0 Å². The number of rotatable bonds is 10. The third-order valence-corrected chi connectivity index (χ3v) is 7.95. The van der Waals surface area contributed by atoms with Gasteiger partial charge in [0.2, 0.25) is 5.78 Å². The first kappa shape index (κ1) is 32.2. The summed E-state index contributed by atoms with van der Waals surface area (Å²) in [5, 5.41) is 0. The van der Waals surface area contributed by atoms with Crippen molar-refractivity contribution in [3.63, 3.8) is 0 Å².